The third-order valence-corrected chi connectivity index (χ3v) is 3.34. The molecule has 1 aromatic rings. The fraction of sp³-hybridized carbons (Fsp3) is 0.533. The average molecular weight is 276 g/mol. The van der Waals surface area contributed by atoms with Crippen LogP contribution in [0.25, 0.3) is 0 Å². The van der Waals surface area contributed by atoms with Crippen LogP contribution in [0, 0.1) is 11.3 Å². The lowest BCUT2D eigenvalue weighted by molar-refractivity contribution is 0.197. The van der Waals surface area contributed by atoms with Crippen LogP contribution in [-0.2, 0) is 11.2 Å². The molecule has 0 bridgehead atoms. The van der Waals surface area contributed by atoms with E-state index in [0.29, 0.717) is 13.2 Å². The van der Waals surface area contributed by atoms with Gasteiger partial charge in [0.25, 0.3) is 0 Å². The van der Waals surface area contributed by atoms with Gasteiger partial charge in [0.15, 0.2) is 0 Å². The van der Waals surface area contributed by atoms with E-state index in [9.17, 15) is 5.26 Å². The van der Waals surface area contributed by atoms with Gasteiger partial charge in [0.05, 0.1) is 19.8 Å². The molecule has 0 amide bonds. The van der Waals surface area contributed by atoms with Gasteiger partial charge in [-0.05, 0) is 19.1 Å². The number of ether oxygens (including phenoxy) is 3. The summed E-state index contributed by atoms with van der Waals surface area (Å²) in [5.74, 6) is 1.57. The highest BCUT2D eigenvalue weighted by atomic mass is 16.5. The summed E-state index contributed by atoms with van der Waals surface area (Å²) in [6, 6.07) is 5.69. The van der Waals surface area contributed by atoms with Crippen LogP contribution in [0.4, 0.5) is 0 Å². The number of nitrogens with zero attached hydrogens (tertiary/aromatic N) is 1. The summed E-state index contributed by atoms with van der Waals surface area (Å²) < 4.78 is 16.2. The lowest BCUT2D eigenvalue weighted by Crippen LogP contribution is -2.24. The number of rotatable bonds is 6. The van der Waals surface area contributed by atoms with Crippen molar-refractivity contribution >= 4 is 0 Å². The van der Waals surface area contributed by atoms with E-state index in [0.717, 1.165) is 29.0 Å². The molecule has 0 radical (unpaired) electrons. The smallest absolute Gasteiger partial charge is 0.125 e. The quantitative estimate of drug-likeness (QED) is 0.803. The highest BCUT2D eigenvalue weighted by Crippen LogP contribution is 2.37. The van der Waals surface area contributed by atoms with Crippen molar-refractivity contribution in [1.82, 2.24) is 5.32 Å². The highest BCUT2D eigenvalue weighted by molar-refractivity contribution is 5.51. The Hall–Kier alpha value is -1.77. The Labute approximate surface area is 119 Å². The fourth-order valence-corrected chi connectivity index (χ4v) is 2.39. The minimum absolute atomic E-state index is 0.173. The molecule has 1 heterocycles. The first-order chi connectivity index (χ1) is 9.69. The highest BCUT2D eigenvalue weighted by Gasteiger charge is 2.24. The van der Waals surface area contributed by atoms with Crippen molar-refractivity contribution < 1.29 is 14.2 Å². The summed E-state index contributed by atoms with van der Waals surface area (Å²) in [5.41, 5.74) is 1.94. The van der Waals surface area contributed by atoms with Crippen molar-refractivity contribution in [2.75, 3.05) is 27.4 Å². The molecule has 2 unspecified atom stereocenters. The van der Waals surface area contributed by atoms with Crippen molar-refractivity contribution in [3.8, 4) is 17.6 Å². The summed E-state index contributed by atoms with van der Waals surface area (Å²) in [7, 11) is 3.25. The van der Waals surface area contributed by atoms with Gasteiger partial charge in [-0.15, -0.1) is 0 Å². The summed E-state index contributed by atoms with van der Waals surface area (Å²) in [5, 5.41) is 12.5. The van der Waals surface area contributed by atoms with Gasteiger partial charge in [-0.1, -0.05) is 0 Å². The standard InChI is InChI=1S/C15H20N2O3/c1-10-6-11-7-15(19-3)12(8-14(11)20-10)13(9-16)17-4-5-18-2/h7-8,10,13,17H,4-6H2,1-3H3. The summed E-state index contributed by atoms with van der Waals surface area (Å²) in [4.78, 5) is 0. The molecule has 0 aliphatic carbocycles. The van der Waals surface area contributed by atoms with Crippen molar-refractivity contribution in [3.05, 3.63) is 23.3 Å². The second-order valence-electron chi connectivity index (χ2n) is 4.84. The molecular weight excluding hydrogens is 256 g/mol. The number of methoxy groups -OCH3 is 2. The lowest BCUT2D eigenvalue weighted by Gasteiger charge is -2.16. The second kappa shape index (κ2) is 6.60. The molecule has 1 aliphatic rings. The molecule has 108 valence electrons. The van der Waals surface area contributed by atoms with Crippen LogP contribution < -0.4 is 14.8 Å². The van der Waals surface area contributed by atoms with E-state index in [2.05, 4.69) is 11.4 Å². The molecule has 5 nitrogen and oxygen atoms in total. The third kappa shape index (κ3) is 3.03. The molecule has 0 saturated carbocycles. The Kier molecular flexibility index (Phi) is 4.83. The van der Waals surface area contributed by atoms with Crippen LogP contribution in [0.5, 0.6) is 11.5 Å². The van der Waals surface area contributed by atoms with Crippen LogP contribution >= 0.6 is 0 Å². The van der Waals surface area contributed by atoms with Gasteiger partial charge in [0.1, 0.15) is 23.6 Å². The Balaban J connectivity index is 2.25. The lowest BCUT2D eigenvalue weighted by atomic mass is 10.0. The molecule has 1 aromatic carbocycles. The van der Waals surface area contributed by atoms with E-state index in [1.54, 1.807) is 14.2 Å². The minimum atomic E-state index is -0.440. The van der Waals surface area contributed by atoms with Gasteiger partial charge >= 0.3 is 0 Å². The molecule has 0 fully saturated rings. The molecule has 2 rings (SSSR count). The van der Waals surface area contributed by atoms with Crippen molar-refractivity contribution in [2.24, 2.45) is 0 Å². The number of benzene rings is 1. The Morgan fingerprint density at radius 1 is 1.50 bits per heavy atom. The van der Waals surface area contributed by atoms with Gasteiger partial charge in [-0.25, -0.2) is 0 Å². The van der Waals surface area contributed by atoms with E-state index in [-0.39, 0.29) is 6.10 Å². The zero-order chi connectivity index (χ0) is 14.5. The molecule has 1 N–H and O–H groups in total. The first-order valence-electron chi connectivity index (χ1n) is 6.69. The molecular formula is C15H20N2O3. The van der Waals surface area contributed by atoms with Gasteiger partial charge < -0.3 is 14.2 Å². The van der Waals surface area contributed by atoms with E-state index in [4.69, 9.17) is 14.2 Å². The SMILES string of the molecule is COCCNC(C#N)c1cc2c(cc1OC)CC(C)O2. The van der Waals surface area contributed by atoms with E-state index >= 15 is 0 Å². The van der Waals surface area contributed by atoms with Crippen molar-refractivity contribution in [3.63, 3.8) is 0 Å². The Morgan fingerprint density at radius 2 is 2.30 bits per heavy atom. The topological polar surface area (TPSA) is 63.5 Å². The first-order valence-corrected chi connectivity index (χ1v) is 6.69. The number of nitrogens with one attached hydrogen (secondary N) is 1. The van der Waals surface area contributed by atoms with Gasteiger partial charge in [0.2, 0.25) is 0 Å². The molecule has 1 aliphatic heterocycles. The molecule has 0 spiro atoms. The maximum absolute atomic E-state index is 9.35. The van der Waals surface area contributed by atoms with Crippen molar-refractivity contribution in [2.45, 2.75) is 25.5 Å². The van der Waals surface area contributed by atoms with Gasteiger partial charge in [0, 0.05) is 31.2 Å². The van der Waals surface area contributed by atoms with Crippen LogP contribution in [0.15, 0.2) is 12.1 Å². The largest absolute Gasteiger partial charge is 0.496 e. The van der Waals surface area contributed by atoms with Crippen molar-refractivity contribution in [1.29, 1.82) is 5.26 Å². The average Bonchev–Trinajstić information content (AvgIpc) is 2.81. The summed E-state index contributed by atoms with van der Waals surface area (Å²) in [6.07, 6.45) is 1.05. The number of fused-ring (bicyclic) bond motifs is 1. The molecule has 5 heteroatoms. The predicted octanol–water partition coefficient (Wildman–Crippen LogP) is 1.82. The van der Waals surface area contributed by atoms with Crippen LogP contribution in [-0.4, -0.2) is 33.5 Å². The predicted molar refractivity (Wildman–Crippen MR) is 75.0 cm³/mol. The minimum Gasteiger partial charge on any atom is -0.496 e. The number of hydrogen-bond acceptors (Lipinski definition) is 5. The number of nitriles is 1. The summed E-state index contributed by atoms with van der Waals surface area (Å²) >= 11 is 0. The first kappa shape index (κ1) is 14.6. The van der Waals surface area contributed by atoms with E-state index in [1.165, 1.54) is 0 Å². The van der Waals surface area contributed by atoms with Crippen LogP contribution in [0.3, 0.4) is 0 Å². The summed E-state index contributed by atoms with van der Waals surface area (Å²) in [6.45, 7) is 3.19. The zero-order valence-electron chi connectivity index (χ0n) is 12.1. The van der Waals surface area contributed by atoms with Crippen LogP contribution in [0.1, 0.15) is 24.1 Å². The number of hydrogen-bond donors (Lipinski definition) is 1. The van der Waals surface area contributed by atoms with Crippen LogP contribution in [0.2, 0.25) is 0 Å². The zero-order valence-corrected chi connectivity index (χ0v) is 12.1. The van der Waals surface area contributed by atoms with E-state index < -0.39 is 6.04 Å². The normalized spacial score (nSPS) is 18.0. The third-order valence-electron chi connectivity index (χ3n) is 3.34. The van der Waals surface area contributed by atoms with Gasteiger partial charge in [-0.3, -0.25) is 5.32 Å². The maximum Gasteiger partial charge on any atom is 0.125 e. The molecule has 0 aromatic heterocycles. The maximum atomic E-state index is 9.35. The Morgan fingerprint density at radius 3 is 2.95 bits per heavy atom. The molecule has 20 heavy (non-hydrogen) atoms. The van der Waals surface area contributed by atoms with E-state index in [1.807, 2.05) is 19.1 Å². The van der Waals surface area contributed by atoms with Gasteiger partial charge in [-0.2, -0.15) is 5.26 Å². The monoisotopic (exact) mass is 276 g/mol. The molecule has 0 saturated heterocycles. The fourth-order valence-electron chi connectivity index (χ4n) is 2.39. The Bertz CT molecular complexity index is 511. The molecule has 2 atom stereocenters. The second-order valence-corrected chi connectivity index (χ2v) is 4.84.